The maximum Gasteiger partial charge on any atom is 0.0367 e. The quantitative estimate of drug-likeness (QED) is 0.801. The number of anilines is 1. The Bertz CT molecular complexity index is 384. The van der Waals surface area contributed by atoms with Crippen LogP contribution in [0.15, 0.2) is 24.3 Å². The van der Waals surface area contributed by atoms with Crippen LogP contribution in [0.4, 0.5) is 5.69 Å². The lowest BCUT2D eigenvalue weighted by atomic mass is 9.84. The van der Waals surface area contributed by atoms with E-state index in [2.05, 4.69) is 41.1 Å². The Hall–Kier alpha value is -1.02. The predicted molar refractivity (Wildman–Crippen MR) is 82.0 cm³/mol. The first-order valence-electron chi connectivity index (χ1n) is 7.86. The van der Waals surface area contributed by atoms with Crippen LogP contribution in [0.25, 0.3) is 0 Å². The molecule has 1 aromatic carbocycles. The van der Waals surface area contributed by atoms with Crippen molar-refractivity contribution in [1.29, 1.82) is 0 Å². The van der Waals surface area contributed by atoms with Crippen molar-refractivity contribution in [3.05, 3.63) is 29.8 Å². The highest BCUT2D eigenvalue weighted by Gasteiger charge is 2.17. The highest BCUT2D eigenvalue weighted by atomic mass is 15.2. The largest absolute Gasteiger partial charge is 0.369 e. The van der Waals surface area contributed by atoms with E-state index in [0.29, 0.717) is 0 Å². The van der Waals surface area contributed by atoms with Crippen molar-refractivity contribution in [2.24, 2.45) is 0 Å². The zero-order chi connectivity index (χ0) is 13.1. The molecule has 2 nitrogen and oxygen atoms in total. The molecule has 1 aliphatic carbocycles. The normalized spacial score (nSPS) is 22.7. The van der Waals surface area contributed by atoms with Crippen molar-refractivity contribution < 1.29 is 0 Å². The van der Waals surface area contributed by atoms with Crippen molar-refractivity contribution in [1.82, 2.24) is 4.90 Å². The molecular weight excluding hydrogens is 232 g/mol. The molecule has 1 aromatic rings. The lowest BCUT2D eigenvalue weighted by Crippen LogP contribution is -2.44. The van der Waals surface area contributed by atoms with Crippen LogP contribution >= 0.6 is 0 Å². The van der Waals surface area contributed by atoms with E-state index in [9.17, 15) is 0 Å². The van der Waals surface area contributed by atoms with Gasteiger partial charge in [0.1, 0.15) is 0 Å². The molecule has 0 N–H and O–H groups in total. The summed E-state index contributed by atoms with van der Waals surface area (Å²) in [6, 6.07) is 9.44. The molecule has 0 bridgehead atoms. The zero-order valence-corrected chi connectivity index (χ0v) is 12.1. The summed E-state index contributed by atoms with van der Waals surface area (Å²) in [5, 5.41) is 0. The van der Waals surface area contributed by atoms with Crippen LogP contribution in [0.1, 0.15) is 43.6 Å². The van der Waals surface area contributed by atoms with E-state index in [1.807, 2.05) is 0 Å². The molecule has 0 radical (unpaired) electrons. The Morgan fingerprint density at radius 3 is 2.11 bits per heavy atom. The number of piperazine rings is 1. The third-order valence-corrected chi connectivity index (χ3v) is 4.84. The van der Waals surface area contributed by atoms with Crippen LogP contribution in [0.3, 0.4) is 0 Å². The SMILES string of the molecule is CN1CCN(c2ccc(C3CCCCC3)cc2)CC1. The lowest BCUT2D eigenvalue weighted by molar-refractivity contribution is 0.313. The van der Waals surface area contributed by atoms with Gasteiger partial charge in [-0.15, -0.1) is 0 Å². The Labute approximate surface area is 117 Å². The zero-order valence-electron chi connectivity index (χ0n) is 12.1. The van der Waals surface area contributed by atoms with E-state index in [1.54, 1.807) is 5.56 Å². The second-order valence-electron chi connectivity index (χ2n) is 6.22. The van der Waals surface area contributed by atoms with Gasteiger partial charge in [-0.3, -0.25) is 0 Å². The molecule has 1 heterocycles. The van der Waals surface area contributed by atoms with Crippen molar-refractivity contribution >= 4 is 5.69 Å². The average Bonchev–Trinajstić information content (AvgIpc) is 2.49. The fraction of sp³-hybridized carbons (Fsp3) is 0.647. The van der Waals surface area contributed by atoms with Crippen molar-refractivity contribution in [3.63, 3.8) is 0 Å². The van der Waals surface area contributed by atoms with Crippen molar-refractivity contribution in [3.8, 4) is 0 Å². The first-order chi connectivity index (χ1) is 9.33. The molecule has 0 atom stereocenters. The number of hydrogen-bond acceptors (Lipinski definition) is 2. The summed E-state index contributed by atoms with van der Waals surface area (Å²) in [6.07, 6.45) is 7.08. The Kier molecular flexibility index (Phi) is 4.07. The predicted octanol–water partition coefficient (Wildman–Crippen LogP) is 3.49. The van der Waals surface area contributed by atoms with E-state index in [4.69, 9.17) is 0 Å². The van der Waals surface area contributed by atoms with Crippen LogP contribution < -0.4 is 4.90 Å². The molecule has 0 amide bonds. The van der Waals surface area contributed by atoms with Gasteiger partial charge in [-0.2, -0.15) is 0 Å². The van der Waals surface area contributed by atoms with Gasteiger partial charge in [-0.25, -0.2) is 0 Å². The standard InChI is InChI=1S/C17H26N2/c1-18-11-13-19(14-12-18)17-9-7-16(8-10-17)15-5-3-2-4-6-15/h7-10,15H,2-6,11-14H2,1H3. The van der Waals surface area contributed by atoms with Gasteiger partial charge in [0.15, 0.2) is 0 Å². The van der Waals surface area contributed by atoms with Gasteiger partial charge in [-0.1, -0.05) is 31.4 Å². The van der Waals surface area contributed by atoms with Gasteiger partial charge in [0.25, 0.3) is 0 Å². The Morgan fingerprint density at radius 1 is 0.842 bits per heavy atom. The number of benzene rings is 1. The number of rotatable bonds is 2. The van der Waals surface area contributed by atoms with Gasteiger partial charge >= 0.3 is 0 Å². The summed E-state index contributed by atoms with van der Waals surface area (Å²) < 4.78 is 0. The molecule has 1 aliphatic heterocycles. The number of hydrogen-bond donors (Lipinski definition) is 0. The van der Waals surface area contributed by atoms with Gasteiger partial charge in [0.05, 0.1) is 0 Å². The molecule has 0 unspecified atom stereocenters. The minimum Gasteiger partial charge on any atom is -0.369 e. The van der Waals surface area contributed by atoms with Gasteiger partial charge in [0.2, 0.25) is 0 Å². The molecule has 104 valence electrons. The molecule has 0 aromatic heterocycles. The lowest BCUT2D eigenvalue weighted by Gasteiger charge is -2.34. The van der Waals surface area contributed by atoms with Crippen molar-refractivity contribution in [2.75, 3.05) is 38.1 Å². The van der Waals surface area contributed by atoms with E-state index >= 15 is 0 Å². The number of likely N-dealkylation sites (N-methyl/N-ethyl adjacent to an activating group) is 1. The van der Waals surface area contributed by atoms with Crippen molar-refractivity contribution in [2.45, 2.75) is 38.0 Å². The summed E-state index contributed by atoms with van der Waals surface area (Å²) in [5.74, 6) is 0.829. The summed E-state index contributed by atoms with van der Waals surface area (Å²) in [5.41, 5.74) is 2.98. The molecule has 19 heavy (non-hydrogen) atoms. The summed E-state index contributed by atoms with van der Waals surface area (Å²) in [4.78, 5) is 4.93. The molecule has 1 saturated heterocycles. The van der Waals surface area contributed by atoms with Crippen LogP contribution in [0.2, 0.25) is 0 Å². The summed E-state index contributed by atoms with van der Waals surface area (Å²) in [7, 11) is 2.21. The highest BCUT2D eigenvalue weighted by Crippen LogP contribution is 2.33. The van der Waals surface area contributed by atoms with Crippen LogP contribution in [0.5, 0.6) is 0 Å². The van der Waals surface area contributed by atoms with Gasteiger partial charge in [0, 0.05) is 31.9 Å². The minimum absolute atomic E-state index is 0.829. The minimum atomic E-state index is 0.829. The molecule has 2 aliphatic rings. The van der Waals surface area contributed by atoms with E-state index < -0.39 is 0 Å². The second kappa shape index (κ2) is 5.96. The third kappa shape index (κ3) is 3.11. The third-order valence-electron chi connectivity index (χ3n) is 4.84. The molecule has 2 heteroatoms. The van der Waals surface area contributed by atoms with Gasteiger partial charge in [-0.05, 0) is 43.5 Å². The maximum atomic E-state index is 2.52. The number of nitrogens with zero attached hydrogens (tertiary/aromatic N) is 2. The topological polar surface area (TPSA) is 6.48 Å². The smallest absolute Gasteiger partial charge is 0.0367 e. The summed E-state index contributed by atoms with van der Waals surface area (Å²) >= 11 is 0. The Morgan fingerprint density at radius 2 is 1.47 bits per heavy atom. The van der Waals surface area contributed by atoms with Crippen LogP contribution in [0, 0.1) is 0 Å². The van der Waals surface area contributed by atoms with Crippen LogP contribution in [-0.4, -0.2) is 38.1 Å². The molecular formula is C17H26N2. The second-order valence-corrected chi connectivity index (χ2v) is 6.22. The average molecular weight is 258 g/mol. The van der Waals surface area contributed by atoms with Crippen LogP contribution in [-0.2, 0) is 0 Å². The maximum absolute atomic E-state index is 2.52. The molecule has 2 fully saturated rings. The van der Waals surface area contributed by atoms with E-state index in [-0.39, 0.29) is 0 Å². The molecule has 0 spiro atoms. The summed E-state index contributed by atoms with van der Waals surface area (Å²) in [6.45, 7) is 4.70. The monoisotopic (exact) mass is 258 g/mol. The Balaban J connectivity index is 1.65. The van der Waals surface area contributed by atoms with E-state index in [1.165, 1.54) is 64.0 Å². The molecule has 1 saturated carbocycles. The first-order valence-corrected chi connectivity index (χ1v) is 7.86. The highest BCUT2D eigenvalue weighted by molar-refractivity contribution is 5.48. The molecule has 3 rings (SSSR count). The van der Waals surface area contributed by atoms with E-state index in [0.717, 1.165) is 5.92 Å². The van der Waals surface area contributed by atoms with Gasteiger partial charge < -0.3 is 9.80 Å². The fourth-order valence-corrected chi connectivity index (χ4v) is 3.46. The fourth-order valence-electron chi connectivity index (χ4n) is 3.46. The first kappa shape index (κ1) is 13.0.